The molecule has 2 heterocycles. The molecule has 1 aromatic rings. The van der Waals surface area contributed by atoms with Crippen molar-refractivity contribution < 1.29 is 9.59 Å². The monoisotopic (exact) mass is 433 g/mol. The topological polar surface area (TPSA) is 61.4 Å². The minimum atomic E-state index is -0.0544. The van der Waals surface area contributed by atoms with Crippen molar-refractivity contribution in [1.29, 1.82) is 0 Å². The van der Waals surface area contributed by atoms with Crippen LogP contribution in [0.4, 0.5) is 0 Å². The lowest BCUT2D eigenvalue weighted by molar-refractivity contribution is -0.132. The zero-order valence-electron chi connectivity index (χ0n) is 15.2. The number of benzene rings is 1. The molecule has 0 spiro atoms. The Hall–Kier alpha value is -1.01. The molecule has 2 N–H and O–H groups in total. The van der Waals surface area contributed by atoms with Gasteiger partial charge in [0.25, 0.3) is 0 Å². The molecular weight excluding hydrogens is 409 g/mol. The standard InChI is InChI=1S/C19H25Cl2N3O2.ClH/c20-15-5-6-16(21)14(9-15)10-18(25)24-8-2-3-13(12-24)11-23-19(26)17-4-1-7-22-17;/h5-6,9,13,17,22H,1-4,7-8,10-12H2,(H,23,26);1H. The fourth-order valence-corrected chi connectivity index (χ4v) is 4.07. The molecule has 0 aromatic heterocycles. The molecule has 150 valence electrons. The van der Waals surface area contributed by atoms with E-state index in [1.807, 2.05) is 4.90 Å². The number of hydrogen-bond donors (Lipinski definition) is 2. The SMILES string of the molecule is Cl.O=C(NCC1CCCN(C(=O)Cc2cc(Cl)ccc2Cl)C1)C1CCCN1. The van der Waals surface area contributed by atoms with Crippen molar-refractivity contribution >= 4 is 47.4 Å². The number of halogens is 3. The van der Waals surface area contributed by atoms with Crippen LogP contribution in [0.1, 0.15) is 31.2 Å². The van der Waals surface area contributed by atoms with Gasteiger partial charge in [-0.25, -0.2) is 0 Å². The van der Waals surface area contributed by atoms with Crippen LogP contribution in [0.2, 0.25) is 10.0 Å². The lowest BCUT2D eigenvalue weighted by Gasteiger charge is -2.33. The predicted octanol–water partition coefficient (Wildman–Crippen LogP) is 3.06. The van der Waals surface area contributed by atoms with Gasteiger partial charge in [0.05, 0.1) is 12.5 Å². The number of hydrogen-bond acceptors (Lipinski definition) is 3. The van der Waals surface area contributed by atoms with Crippen molar-refractivity contribution in [3.63, 3.8) is 0 Å². The van der Waals surface area contributed by atoms with E-state index in [0.29, 0.717) is 29.1 Å². The van der Waals surface area contributed by atoms with E-state index in [-0.39, 0.29) is 36.7 Å². The number of amides is 2. The van der Waals surface area contributed by atoms with Crippen molar-refractivity contribution in [1.82, 2.24) is 15.5 Å². The first-order chi connectivity index (χ1) is 12.5. The number of carbonyl (C=O) groups excluding carboxylic acids is 2. The molecule has 5 nitrogen and oxygen atoms in total. The van der Waals surface area contributed by atoms with Crippen LogP contribution in [0, 0.1) is 5.92 Å². The third-order valence-electron chi connectivity index (χ3n) is 5.16. The third-order valence-corrected chi connectivity index (χ3v) is 5.77. The van der Waals surface area contributed by atoms with Crippen LogP contribution in [0.25, 0.3) is 0 Å². The Kier molecular flexibility index (Phi) is 8.67. The van der Waals surface area contributed by atoms with Gasteiger partial charge in [0.2, 0.25) is 11.8 Å². The van der Waals surface area contributed by atoms with Gasteiger partial charge in [0.15, 0.2) is 0 Å². The van der Waals surface area contributed by atoms with Crippen LogP contribution in [0.3, 0.4) is 0 Å². The molecule has 27 heavy (non-hydrogen) atoms. The van der Waals surface area contributed by atoms with Gasteiger partial charge in [-0.15, -0.1) is 12.4 Å². The first-order valence-corrected chi connectivity index (χ1v) is 10.0. The van der Waals surface area contributed by atoms with E-state index in [4.69, 9.17) is 23.2 Å². The van der Waals surface area contributed by atoms with Gasteiger partial charge in [-0.05, 0) is 61.9 Å². The molecule has 2 fully saturated rings. The molecule has 1 aromatic carbocycles. The second kappa shape index (κ2) is 10.5. The zero-order chi connectivity index (χ0) is 18.5. The summed E-state index contributed by atoms with van der Waals surface area (Å²) in [5, 5.41) is 7.39. The minimum Gasteiger partial charge on any atom is -0.354 e. The average Bonchev–Trinajstić information content (AvgIpc) is 3.18. The zero-order valence-corrected chi connectivity index (χ0v) is 17.5. The Bertz CT molecular complexity index is 666. The summed E-state index contributed by atoms with van der Waals surface area (Å²) in [6.07, 6.45) is 4.19. The minimum absolute atomic E-state index is 0. The summed E-state index contributed by atoms with van der Waals surface area (Å²) in [7, 11) is 0. The van der Waals surface area contributed by atoms with E-state index in [1.165, 1.54) is 0 Å². The second-order valence-electron chi connectivity index (χ2n) is 7.15. The number of carbonyl (C=O) groups is 2. The van der Waals surface area contributed by atoms with E-state index in [0.717, 1.165) is 44.3 Å². The second-order valence-corrected chi connectivity index (χ2v) is 8.00. The number of piperidine rings is 1. The van der Waals surface area contributed by atoms with Crippen LogP contribution < -0.4 is 10.6 Å². The molecule has 2 unspecified atom stereocenters. The van der Waals surface area contributed by atoms with Gasteiger partial charge in [-0.2, -0.15) is 0 Å². The van der Waals surface area contributed by atoms with E-state index >= 15 is 0 Å². The Morgan fingerprint density at radius 2 is 2.04 bits per heavy atom. The normalized spacial score (nSPS) is 22.2. The molecule has 0 saturated carbocycles. The largest absolute Gasteiger partial charge is 0.354 e. The lowest BCUT2D eigenvalue weighted by Crippen LogP contribution is -2.47. The Labute approximate surface area is 176 Å². The van der Waals surface area contributed by atoms with Crippen molar-refractivity contribution in [3.8, 4) is 0 Å². The molecule has 0 bridgehead atoms. The highest BCUT2D eigenvalue weighted by Crippen LogP contribution is 2.23. The summed E-state index contributed by atoms with van der Waals surface area (Å²) in [6, 6.07) is 5.13. The number of likely N-dealkylation sites (tertiary alicyclic amines) is 1. The molecule has 8 heteroatoms. The van der Waals surface area contributed by atoms with E-state index in [9.17, 15) is 9.59 Å². The number of rotatable bonds is 5. The Morgan fingerprint density at radius 3 is 2.78 bits per heavy atom. The van der Waals surface area contributed by atoms with Crippen LogP contribution in [-0.4, -0.2) is 48.9 Å². The van der Waals surface area contributed by atoms with Gasteiger partial charge in [0, 0.05) is 29.7 Å². The van der Waals surface area contributed by atoms with Crippen molar-refractivity contribution in [2.75, 3.05) is 26.2 Å². The van der Waals surface area contributed by atoms with E-state index < -0.39 is 0 Å². The molecule has 2 aliphatic heterocycles. The van der Waals surface area contributed by atoms with Crippen LogP contribution in [0.5, 0.6) is 0 Å². The van der Waals surface area contributed by atoms with Crippen LogP contribution >= 0.6 is 35.6 Å². The van der Waals surface area contributed by atoms with Gasteiger partial charge in [0.1, 0.15) is 0 Å². The summed E-state index contributed by atoms with van der Waals surface area (Å²) >= 11 is 12.2. The summed E-state index contributed by atoms with van der Waals surface area (Å²) < 4.78 is 0. The molecule has 2 aliphatic rings. The Morgan fingerprint density at radius 1 is 1.22 bits per heavy atom. The number of nitrogens with zero attached hydrogens (tertiary/aromatic N) is 1. The van der Waals surface area contributed by atoms with Crippen molar-refractivity contribution in [2.45, 2.75) is 38.1 Å². The molecule has 3 rings (SSSR count). The van der Waals surface area contributed by atoms with Gasteiger partial charge in [-0.3, -0.25) is 9.59 Å². The maximum absolute atomic E-state index is 12.7. The number of nitrogens with one attached hydrogen (secondary N) is 2. The highest BCUT2D eigenvalue weighted by atomic mass is 35.5. The lowest BCUT2D eigenvalue weighted by atomic mass is 9.97. The maximum Gasteiger partial charge on any atom is 0.237 e. The molecule has 0 radical (unpaired) electrons. The average molecular weight is 435 g/mol. The van der Waals surface area contributed by atoms with Crippen molar-refractivity contribution in [3.05, 3.63) is 33.8 Å². The van der Waals surface area contributed by atoms with Gasteiger partial charge < -0.3 is 15.5 Å². The first kappa shape index (κ1) is 22.3. The van der Waals surface area contributed by atoms with E-state index in [1.54, 1.807) is 18.2 Å². The summed E-state index contributed by atoms with van der Waals surface area (Å²) in [6.45, 7) is 2.97. The highest BCUT2D eigenvalue weighted by Gasteiger charge is 2.26. The van der Waals surface area contributed by atoms with Gasteiger partial charge >= 0.3 is 0 Å². The molecular formula is C19H26Cl3N3O2. The fourth-order valence-electron chi connectivity index (χ4n) is 3.69. The summed E-state index contributed by atoms with van der Waals surface area (Å²) in [4.78, 5) is 26.7. The van der Waals surface area contributed by atoms with Crippen molar-refractivity contribution in [2.24, 2.45) is 5.92 Å². The Balaban J connectivity index is 0.00000261. The predicted molar refractivity (Wildman–Crippen MR) is 111 cm³/mol. The smallest absolute Gasteiger partial charge is 0.237 e. The highest BCUT2D eigenvalue weighted by molar-refractivity contribution is 6.33. The fraction of sp³-hybridized carbons (Fsp3) is 0.579. The molecule has 2 amide bonds. The molecule has 0 aliphatic carbocycles. The first-order valence-electron chi connectivity index (χ1n) is 9.25. The third kappa shape index (κ3) is 6.24. The maximum atomic E-state index is 12.7. The van der Waals surface area contributed by atoms with Crippen LogP contribution in [0.15, 0.2) is 18.2 Å². The van der Waals surface area contributed by atoms with Crippen LogP contribution in [-0.2, 0) is 16.0 Å². The summed E-state index contributed by atoms with van der Waals surface area (Å²) in [5.74, 6) is 0.437. The molecule has 2 atom stereocenters. The van der Waals surface area contributed by atoms with Gasteiger partial charge in [-0.1, -0.05) is 23.2 Å². The molecule has 2 saturated heterocycles. The summed E-state index contributed by atoms with van der Waals surface area (Å²) in [5.41, 5.74) is 0.756. The quantitative estimate of drug-likeness (QED) is 0.749. The van der Waals surface area contributed by atoms with E-state index in [2.05, 4.69) is 10.6 Å².